The van der Waals surface area contributed by atoms with Crippen LogP contribution in [0.1, 0.15) is 17.5 Å². The highest BCUT2D eigenvalue weighted by Gasteiger charge is 2.51. The first-order valence-electron chi connectivity index (χ1n) is 12.9. The predicted molar refractivity (Wildman–Crippen MR) is 155 cm³/mol. The van der Waals surface area contributed by atoms with Crippen LogP contribution in [-0.4, -0.2) is 61.9 Å². The predicted octanol–water partition coefficient (Wildman–Crippen LogP) is 7.33. The number of nitrogens with one attached hydrogen (secondary N) is 2. The third kappa shape index (κ3) is 6.34. The zero-order valence-corrected chi connectivity index (χ0v) is 23.3. The van der Waals surface area contributed by atoms with Crippen LogP contribution >= 0.6 is 11.6 Å². The van der Waals surface area contributed by atoms with E-state index in [1.54, 1.807) is 12.1 Å². The monoisotopic (exact) mass is 557 g/mol. The second-order valence-corrected chi connectivity index (χ2v) is 10.5. The SMILES string of the molecule is CF.CF.Cc1c(N2CC3(CN(CCCc4ccc(F)cc4)C3)C2)ccnc1Nc1cc(Cl)c2cc[nH]c2c1. The minimum absolute atomic E-state index is 0.164. The van der Waals surface area contributed by atoms with Gasteiger partial charge in [-0.25, -0.2) is 9.37 Å². The fraction of sp³-hybridized carbons (Fsp3) is 0.367. The van der Waals surface area contributed by atoms with E-state index in [0.717, 1.165) is 78.6 Å². The lowest BCUT2D eigenvalue weighted by Crippen LogP contribution is -2.72. The Hall–Kier alpha value is -3.23. The van der Waals surface area contributed by atoms with Crippen molar-refractivity contribution in [3.8, 4) is 0 Å². The quantitative estimate of drug-likeness (QED) is 0.250. The van der Waals surface area contributed by atoms with E-state index in [-0.39, 0.29) is 5.82 Å². The molecule has 2 aliphatic heterocycles. The van der Waals surface area contributed by atoms with Gasteiger partial charge in [-0.05, 0) is 68.3 Å². The molecule has 208 valence electrons. The third-order valence-corrected chi connectivity index (χ3v) is 7.73. The van der Waals surface area contributed by atoms with Crippen LogP contribution in [0.4, 0.5) is 30.4 Å². The van der Waals surface area contributed by atoms with Crippen LogP contribution in [0.25, 0.3) is 10.9 Å². The van der Waals surface area contributed by atoms with Gasteiger partial charge in [0.05, 0.1) is 19.4 Å². The van der Waals surface area contributed by atoms with Crippen molar-refractivity contribution in [2.45, 2.75) is 19.8 Å². The van der Waals surface area contributed by atoms with Crippen molar-refractivity contribution in [2.75, 3.05) is 57.3 Å². The number of anilines is 3. The summed E-state index contributed by atoms with van der Waals surface area (Å²) in [6.07, 6.45) is 5.90. The number of rotatable bonds is 7. The summed E-state index contributed by atoms with van der Waals surface area (Å²) >= 11 is 6.45. The summed E-state index contributed by atoms with van der Waals surface area (Å²) < 4.78 is 32.1. The van der Waals surface area contributed by atoms with Crippen molar-refractivity contribution in [3.63, 3.8) is 0 Å². The number of aromatic amines is 1. The van der Waals surface area contributed by atoms with Gasteiger partial charge in [-0.15, -0.1) is 0 Å². The van der Waals surface area contributed by atoms with Crippen LogP contribution in [0.15, 0.2) is 60.9 Å². The lowest BCUT2D eigenvalue weighted by molar-refractivity contribution is -0.0219. The Bertz CT molecular complexity index is 1360. The van der Waals surface area contributed by atoms with E-state index in [0.29, 0.717) is 19.8 Å². The van der Waals surface area contributed by atoms with Gasteiger partial charge in [0.1, 0.15) is 11.6 Å². The molecule has 0 unspecified atom stereocenters. The Morgan fingerprint density at radius 3 is 2.44 bits per heavy atom. The summed E-state index contributed by atoms with van der Waals surface area (Å²) in [5.41, 5.74) is 5.96. The smallest absolute Gasteiger partial charge is 0.135 e. The molecule has 2 aromatic heterocycles. The minimum Gasteiger partial charge on any atom is -0.370 e. The van der Waals surface area contributed by atoms with Crippen LogP contribution in [0, 0.1) is 18.2 Å². The van der Waals surface area contributed by atoms with E-state index < -0.39 is 0 Å². The van der Waals surface area contributed by atoms with E-state index in [9.17, 15) is 13.2 Å². The van der Waals surface area contributed by atoms with Crippen LogP contribution in [0.5, 0.6) is 0 Å². The van der Waals surface area contributed by atoms with Gasteiger partial charge in [0.15, 0.2) is 0 Å². The maximum atomic E-state index is 13.1. The highest BCUT2D eigenvalue weighted by Crippen LogP contribution is 2.43. The molecule has 2 saturated heterocycles. The van der Waals surface area contributed by atoms with E-state index >= 15 is 0 Å². The van der Waals surface area contributed by atoms with Gasteiger partial charge in [-0.1, -0.05) is 23.7 Å². The molecule has 0 aliphatic carbocycles. The van der Waals surface area contributed by atoms with Gasteiger partial charge in [0, 0.05) is 71.8 Å². The lowest BCUT2D eigenvalue weighted by atomic mass is 9.72. The van der Waals surface area contributed by atoms with Crippen LogP contribution in [-0.2, 0) is 6.42 Å². The second-order valence-electron chi connectivity index (χ2n) is 10.1. The van der Waals surface area contributed by atoms with Gasteiger partial charge in [-0.3, -0.25) is 8.78 Å². The van der Waals surface area contributed by atoms with E-state index in [4.69, 9.17) is 11.6 Å². The number of alkyl halides is 2. The Morgan fingerprint density at radius 1 is 1.00 bits per heavy atom. The maximum Gasteiger partial charge on any atom is 0.135 e. The molecule has 6 rings (SSSR count). The number of hydrogen-bond donors (Lipinski definition) is 2. The van der Waals surface area contributed by atoms with E-state index in [1.165, 1.54) is 11.3 Å². The fourth-order valence-corrected chi connectivity index (χ4v) is 5.96. The highest BCUT2D eigenvalue weighted by atomic mass is 35.5. The van der Waals surface area contributed by atoms with Crippen molar-refractivity contribution in [3.05, 3.63) is 82.9 Å². The van der Waals surface area contributed by atoms with Crippen molar-refractivity contribution in [1.82, 2.24) is 14.9 Å². The third-order valence-electron chi connectivity index (χ3n) is 7.42. The Balaban J connectivity index is 0.000000845. The van der Waals surface area contributed by atoms with Gasteiger partial charge < -0.3 is 20.1 Å². The molecule has 2 aromatic carbocycles. The number of benzene rings is 2. The summed E-state index contributed by atoms with van der Waals surface area (Å²) in [7, 11) is 1.00. The van der Waals surface area contributed by atoms with Gasteiger partial charge in [-0.2, -0.15) is 0 Å². The van der Waals surface area contributed by atoms with Crippen LogP contribution in [0.3, 0.4) is 0 Å². The zero-order valence-electron chi connectivity index (χ0n) is 22.6. The lowest BCUT2D eigenvalue weighted by Gasteiger charge is -2.61. The average Bonchev–Trinajstić information content (AvgIpc) is 3.39. The Labute approximate surface area is 233 Å². The molecule has 4 aromatic rings. The number of pyridine rings is 1. The molecule has 1 spiro atoms. The molecular weight excluding hydrogens is 523 g/mol. The number of H-pyrrole nitrogens is 1. The van der Waals surface area contributed by atoms with Gasteiger partial charge in [0.25, 0.3) is 0 Å². The number of halogens is 4. The highest BCUT2D eigenvalue weighted by molar-refractivity contribution is 6.35. The van der Waals surface area contributed by atoms with Gasteiger partial charge in [0.2, 0.25) is 0 Å². The van der Waals surface area contributed by atoms with E-state index in [1.807, 2.05) is 36.7 Å². The standard InChI is InChI=1S/C28H29ClFN5.2CH3F/c1-19-26(9-11-32-27(19)33-22-13-24(29)23-8-10-31-25(23)14-22)35-17-28(18-35)15-34(16-28)12-2-3-20-4-6-21(30)7-5-20;2*1-2/h4-11,13-14,31H,2-3,12,15-18H2,1H3,(H,32,33);2*1H3. The average molecular weight is 558 g/mol. The molecule has 9 heteroatoms. The van der Waals surface area contributed by atoms with Crippen molar-refractivity contribution < 1.29 is 13.2 Å². The summed E-state index contributed by atoms with van der Waals surface area (Å²) in [5, 5.41) is 5.20. The normalized spacial score (nSPS) is 15.5. The van der Waals surface area contributed by atoms with Crippen molar-refractivity contribution >= 4 is 39.7 Å². The molecule has 0 saturated carbocycles. The second kappa shape index (κ2) is 12.7. The molecule has 5 nitrogen and oxygen atoms in total. The maximum absolute atomic E-state index is 13.1. The molecule has 0 amide bonds. The molecule has 2 N–H and O–H groups in total. The molecular formula is C30H35ClF3N5. The number of fused-ring (bicyclic) bond motifs is 1. The summed E-state index contributed by atoms with van der Waals surface area (Å²) in [6, 6.07) is 15.0. The summed E-state index contributed by atoms with van der Waals surface area (Å²) in [4.78, 5) is 12.8. The molecule has 0 bridgehead atoms. The van der Waals surface area contributed by atoms with Crippen molar-refractivity contribution in [2.24, 2.45) is 5.41 Å². The number of aryl methyl sites for hydroxylation is 1. The number of aromatic nitrogens is 2. The number of hydrogen-bond acceptors (Lipinski definition) is 4. The van der Waals surface area contributed by atoms with Crippen LogP contribution < -0.4 is 10.2 Å². The zero-order chi connectivity index (χ0) is 28.0. The van der Waals surface area contributed by atoms with E-state index in [2.05, 4.69) is 44.1 Å². The Morgan fingerprint density at radius 2 is 1.72 bits per heavy atom. The fourth-order valence-electron chi connectivity index (χ4n) is 5.68. The molecule has 4 heterocycles. The topological polar surface area (TPSA) is 47.2 Å². The Kier molecular flexibility index (Phi) is 9.40. The largest absolute Gasteiger partial charge is 0.370 e. The van der Waals surface area contributed by atoms with Gasteiger partial charge >= 0.3 is 0 Å². The minimum atomic E-state index is -0.164. The first-order valence-corrected chi connectivity index (χ1v) is 13.3. The molecule has 2 fully saturated rings. The first kappa shape index (κ1) is 28.8. The molecule has 0 atom stereocenters. The summed E-state index contributed by atoms with van der Waals surface area (Å²) in [5.74, 6) is 0.698. The van der Waals surface area contributed by atoms with Crippen LogP contribution in [0.2, 0.25) is 5.02 Å². The first-order chi connectivity index (χ1) is 19.0. The molecule has 2 aliphatic rings. The van der Waals surface area contributed by atoms with Crippen molar-refractivity contribution in [1.29, 1.82) is 0 Å². The molecule has 0 radical (unpaired) electrons. The summed E-state index contributed by atoms with van der Waals surface area (Å²) in [6.45, 7) is 7.74. The number of likely N-dealkylation sites (tertiary alicyclic amines) is 1. The molecule has 39 heavy (non-hydrogen) atoms. The number of nitrogens with zero attached hydrogens (tertiary/aromatic N) is 3.